The lowest BCUT2D eigenvalue weighted by Gasteiger charge is -2.08. The molecule has 0 aliphatic heterocycles. The van der Waals surface area contributed by atoms with E-state index in [1.165, 1.54) is 17.7 Å². The Kier molecular flexibility index (Phi) is 4.05. The number of ether oxygens (including phenoxy) is 1. The average molecular weight is 291 g/mol. The standard InChI is InChI=1S/C19H17NO2/c1-14(21)20-18-8-10-19(11-9-18)22-13-15-6-7-16-4-2-3-5-17(16)12-15/h2-12H,13H2,1H3,(H,20,21). The van der Waals surface area contributed by atoms with Crippen LogP contribution in [0.4, 0.5) is 5.69 Å². The molecule has 0 fully saturated rings. The second-order valence-corrected chi connectivity index (χ2v) is 5.18. The first kappa shape index (κ1) is 14.1. The van der Waals surface area contributed by atoms with Crippen molar-refractivity contribution in [3.05, 3.63) is 72.3 Å². The van der Waals surface area contributed by atoms with Crippen LogP contribution in [-0.4, -0.2) is 5.91 Å². The molecule has 3 rings (SSSR count). The molecule has 0 radical (unpaired) electrons. The quantitative estimate of drug-likeness (QED) is 0.774. The van der Waals surface area contributed by atoms with E-state index >= 15 is 0 Å². The number of anilines is 1. The Labute approximate surface area is 129 Å². The van der Waals surface area contributed by atoms with Gasteiger partial charge >= 0.3 is 0 Å². The van der Waals surface area contributed by atoms with E-state index in [1.807, 2.05) is 36.4 Å². The number of rotatable bonds is 4. The van der Waals surface area contributed by atoms with Crippen molar-refractivity contribution in [2.24, 2.45) is 0 Å². The van der Waals surface area contributed by atoms with Crippen LogP contribution in [0, 0.1) is 0 Å². The number of fused-ring (bicyclic) bond motifs is 1. The van der Waals surface area contributed by atoms with Crippen LogP contribution in [-0.2, 0) is 11.4 Å². The van der Waals surface area contributed by atoms with Crippen molar-refractivity contribution < 1.29 is 9.53 Å². The van der Waals surface area contributed by atoms with Crippen molar-refractivity contribution in [1.82, 2.24) is 0 Å². The van der Waals surface area contributed by atoms with E-state index in [0.717, 1.165) is 17.0 Å². The van der Waals surface area contributed by atoms with Gasteiger partial charge in [0, 0.05) is 12.6 Å². The highest BCUT2D eigenvalue weighted by Gasteiger charge is 2.00. The number of nitrogens with one attached hydrogen (secondary N) is 1. The molecule has 3 aromatic rings. The second-order valence-electron chi connectivity index (χ2n) is 5.18. The molecule has 0 aliphatic carbocycles. The van der Waals surface area contributed by atoms with Gasteiger partial charge in [0.15, 0.2) is 0 Å². The van der Waals surface area contributed by atoms with E-state index in [2.05, 4.69) is 35.6 Å². The molecule has 0 unspecified atom stereocenters. The minimum absolute atomic E-state index is 0.0789. The fraction of sp³-hybridized carbons (Fsp3) is 0.105. The zero-order valence-electron chi connectivity index (χ0n) is 12.4. The van der Waals surface area contributed by atoms with Crippen LogP contribution in [0.25, 0.3) is 10.8 Å². The van der Waals surface area contributed by atoms with Gasteiger partial charge in [0.05, 0.1) is 0 Å². The number of carbonyl (C=O) groups is 1. The van der Waals surface area contributed by atoms with Crippen LogP contribution in [0.2, 0.25) is 0 Å². The van der Waals surface area contributed by atoms with Crippen LogP contribution in [0.3, 0.4) is 0 Å². The third kappa shape index (κ3) is 3.44. The smallest absolute Gasteiger partial charge is 0.221 e. The molecule has 0 spiro atoms. The van der Waals surface area contributed by atoms with Gasteiger partial charge in [-0.05, 0) is 46.7 Å². The largest absolute Gasteiger partial charge is 0.489 e. The van der Waals surface area contributed by atoms with Crippen LogP contribution in [0.1, 0.15) is 12.5 Å². The Morgan fingerprint density at radius 3 is 2.41 bits per heavy atom. The summed E-state index contributed by atoms with van der Waals surface area (Å²) in [6, 6.07) is 22.0. The molecule has 1 amide bonds. The number of hydrogen-bond acceptors (Lipinski definition) is 2. The maximum atomic E-state index is 11.0. The van der Waals surface area contributed by atoms with Gasteiger partial charge < -0.3 is 10.1 Å². The summed E-state index contributed by atoms with van der Waals surface area (Å²) in [7, 11) is 0. The predicted molar refractivity (Wildman–Crippen MR) is 89.0 cm³/mol. The highest BCUT2D eigenvalue weighted by atomic mass is 16.5. The summed E-state index contributed by atoms with van der Waals surface area (Å²) in [6.07, 6.45) is 0. The zero-order valence-corrected chi connectivity index (χ0v) is 12.4. The van der Waals surface area contributed by atoms with Crippen molar-refractivity contribution in [2.45, 2.75) is 13.5 Å². The predicted octanol–water partition coefficient (Wildman–Crippen LogP) is 4.38. The first-order valence-corrected chi connectivity index (χ1v) is 7.19. The second kappa shape index (κ2) is 6.31. The lowest BCUT2D eigenvalue weighted by Crippen LogP contribution is -2.05. The summed E-state index contributed by atoms with van der Waals surface area (Å²) in [5, 5.41) is 5.17. The van der Waals surface area contributed by atoms with Crippen molar-refractivity contribution in [2.75, 3.05) is 5.32 Å². The van der Waals surface area contributed by atoms with Crippen molar-refractivity contribution in [1.29, 1.82) is 0 Å². The van der Waals surface area contributed by atoms with Crippen LogP contribution in [0.5, 0.6) is 5.75 Å². The Hall–Kier alpha value is -2.81. The van der Waals surface area contributed by atoms with Crippen molar-refractivity contribution in [3.63, 3.8) is 0 Å². The van der Waals surface area contributed by atoms with E-state index in [-0.39, 0.29) is 5.91 Å². The molecule has 0 aliphatic rings. The first-order chi connectivity index (χ1) is 10.7. The Morgan fingerprint density at radius 1 is 0.955 bits per heavy atom. The molecule has 0 saturated heterocycles. The summed E-state index contributed by atoms with van der Waals surface area (Å²) in [6.45, 7) is 2.01. The maximum Gasteiger partial charge on any atom is 0.221 e. The van der Waals surface area contributed by atoms with Gasteiger partial charge in [0.2, 0.25) is 5.91 Å². The maximum absolute atomic E-state index is 11.0. The van der Waals surface area contributed by atoms with E-state index in [0.29, 0.717) is 6.61 Å². The normalized spacial score (nSPS) is 10.4. The van der Waals surface area contributed by atoms with E-state index < -0.39 is 0 Å². The fourth-order valence-electron chi connectivity index (χ4n) is 2.33. The lowest BCUT2D eigenvalue weighted by atomic mass is 10.1. The van der Waals surface area contributed by atoms with Crippen LogP contribution >= 0.6 is 0 Å². The van der Waals surface area contributed by atoms with E-state index in [9.17, 15) is 4.79 Å². The number of amides is 1. The monoisotopic (exact) mass is 291 g/mol. The summed E-state index contributed by atoms with van der Waals surface area (Å²) >= 11 is 0. The third-order valence-electron chi connectivity index (χ3n) is 3.39. The Bertz CT molecular complexity index is 794. The summed E-state index contributed by atoms with van der Waals surface area (Å²) in [5.74, 6) is 0.701. The van der Waals surface area contributed by atoms with Gasteiger partial charge in [-0.2, -0.15) is 0 Å². The lowest BCUT2D eigenvalue weighted by molar-refractivity contribution is -0.114. The highest BCUT2D eigenvalue weighted by Crippen LogP contribution is 2.19. The minimum atomic E-state index is -0.0789. The van der Waals surface area contributed by atoms with Crippen molar-refractivity contribution in [3.8, 4) is 5.75 Å². The molecule has 3 aromatic carbocycles. The molecule has 0 saturated carbocycles. The summed E-state index contributed by atoms with van der Waals surface area (Å²) in [5.41, 5.74) is 1.90. The molecule has 3 nitrogen and oxygen atoms in total. The van der Waals surface area contributed by atoms with Crippen molar-refractivity contribution >= 4 is 22.4 Å². The van der Waals surface area contributed by atoms with Gasteiger partial charge in [0.25, 0.3) is 0 Å². The minimum Gasteiger partial charge on any atom is -0.489 e. The Morgan fingerprint density at radius 2 is 1.68 bits per heavy atom. The first-order valence-electron chi connectivity index (χ1n) is 7.19. The van der Waals surface area contributed by atoms with Gasteiger partial charge in [-0.25, -0.2) is 0 Å². The van der Waals surface area contributed by atoms with E-state index in [1.54, 1.807) is 0 Å². The zero-order chi connectivity index (χ0) is 15.4. The Balaban J connectivity index is 1.67. The number of benzene rings is 3. The van der Waals surface area contributed by atoms with Gasteiger partial charge in [-0.1, -0.05) is 36.4 Å². The van der Waals surface area contributed by atoms with Gasteiger partial charge in [-0.3, -0.25) is 4.79 Å². The molecule has 0 atom stereocenters. The number of carbonyl (C=O) groups excluding carboxylic acids is 1. The molecular weight excluding hydrogens is 274 g/mol. The molecule has 3 heteroatoms. The topological polar surface area (TPSA) is 38.3 Å². The number of hydrogen-bond donors (Lipinski definition) is 1. The molecule has 22 heavy (non-hydrogen) atoms. The molecule has 0 aromatic heterocycles. The molecule has 110 valence electrons. The van der Waals surface area contributed by atoms with Crippen LogP contribution in [0.15, 0.2) is 66.7 Å². The van der Waals surface area contributed by atoms with E-state index in [4.69, 9.17) is 4.74 Å². The van der Waals surface area contributed by atoms with Gasteiger partial charge in [0.1, 0.15) is 12.4 Å². The van der Waals surface area contributed by atoms with Crippen LogP contribution < -0.4 is 10.1 Å². The molecular formula is C19H17NO2. The SMILES string of the molecule is CC(=O)Nc1ccc(OCc2ccc3ccccc3c2)cc1. The molecule has 0 heterocycles. The molecule has 1 N–H and O–H groups in total. The summed E-state index contributed by atoms with van der Waals surface area (Å²) < 4.78 is 5.79. The molecule has 0 bridgehead atoms. The third-order valence-corrected chi connectivity index (χ3v) is 3.39. The fourth-order valence-corrected chi connectivity index (χ4v) is 2.33. The highest BCUT2D eigenvalue weighted by molar-refractivity contribution is 5.88. The average Bonchev–Trinajstić information content (AvgIpc) is 2.53. The van der Waals surface area contributed by atoms with Gasteiger partial charge in [-0.15, -0.1) is 0 Å². The summed E-state index contributed by atoms with van der Waals surface area (Å²) in [4.78, 5) is 11.0.